The van der Waals surface area contributed by atoms with Gasteiger partial charge < -0.3 is 4.74 Å². The van der Waals surface area contributed by atoms with Crippen LogP contribution >= 0.6 is 11.6 Å². The minimum atomic E-state index is -0.495. The zero-order valence-electron chi connectivity index (χ0n) is 9.33. The smallest absolute Gasteiger partial charge is 0.273 e. The molecule has 6 nitrogen and oxygen atoms in total. The lowest BCUT2D eigenvalue weighted by Gasteiger charge is -2.05. The Morgan fingerprint density at radius 3 is 2.78 bits per heavy atom. The third-order valence-corrected chi connectivity index (χ3v) is 2.23. The van der Waals surface area contributed by atoms with Crippen LogP contribution in [0.25, 0.3) is 0 Å². The van der Waals surface area contributed by atoms with E-state index in [1.807, 2.05) is 0 Å². The van der Waals surface area contributed by atoms with Crippen molar-refractivity contribution in [2.75, 3.05) is 0 Å². The molecule has 0 unspecified atom stereocenters. The Morgan fingerprint density at radius 2 is 2.11 bits per heavy atom. The van der Waals surface area contributed by atoms with E-state index >= 15 is 0 Å². The van der Waals surface area contributed by atoms with E-state index in [4.69, 9.17) is 16.3 Å². The predicted molar refractivity (Wildman–Crippen MR) is 64.9 cm³/mol. The molecule has 0 saturated heterocycles. The van der Waals surface area contributed by atoms with Crippen molar-refractivity contribution in [3.8, 4) is 11.6 Å². The Bertz CT molecular complexity index is 584. The highest BCUT2D eigenvalue weighted by Crippen LogP contribution is 2.25. The van der Waals surface area contributed by atoms with Crippen LogP contribution in [0.2, 0.25) is 5.15 Å². The number of nitro groups is 1. The molecule has 92 valence electrons. The Balaban J connectivity index is 2.28. The van der Waals surface area contributed by atoms with Crippen LogP contribution in [0, 0.1) is 17.0 Å². The van der Waals surface area contributed by atoms with Gasteiger partial charge in [0.05, 0.1) is 11.0 Å². The van der Waals surface area contributed by atoms with Gasteiger partial charge in [-0.2, -0.15) is 4.98 Å². The average molecular weight is 266 g/mol. The number of nitrogens with zero attached hydrogens (tertiary/aromatic N) is 3. The van der Waals surface area contributed by atoms with E-state index in [-0.39, 0.29) is 16.7 Å². The normalized spacial score (nSPS) is 10.1. The van der Waals surface area contributed by atoms with Crippen LogP contribution in [0.4, 0.5) is 5.69 Å². The number of nitro benzene ring substituents is 1. The standard InChI is InChI=1S/C11H8ClN3O3/c1-7-13-10(12)6-11(14-7)18-9-4-2-3-8(5-9)15(16)17/h2-6H,1H3. The van der Waals surface area contributed by atoms with Crippen LogP contribution in [-0.4, -0.2) is 14.9 Å². The first-order chi connectivity index (χ1) is 8.54. The molecule has 0 saturated carbocycles. The summed E-state index contributed by atoms with van der Waals surface area (Å²) in [7, 11) is 0. The Morgan fingerprint density at radius 1 is 1.33 bits per heavy atom. The Kier molecular flexibility index (Phi) is 3.38. The maximum absolute atomic E-state index is 10.6. The van der Waals surface area contributed by atoms with Crippen molar-refractivity contribution < 1.29 is 9.66 Å². The van der Waals surface area contributed by atoms with Crippen molar-refractivity contribution in [2.24, 2.45) is 0 Å². The topological polar surface area (TPSA) is 78.2 Å². The highest BCUT2D eigenvalue weighted by atomic mass is 35.5. The van der Waals surface area contributed by atoms with E-state index in [2.05, 4.69) is 9.97 Å². The summed E-state index contributed by atoms with van der Waals surface area (Å²) in [5.74, 6) is 1.02. The number of hydrogen-bond acceptors (Lipinski definition) is 5. The molecule has 1 heterocycles. The lowest BCUT2D eigenvalue weighted by molar-refractivity contribution is -0.384. The number of benzene rings is 1. The number of non-ortho nitro benzene ring substituents is 1. The number of aryl methyl sites for hydroxylation is 1. The largest absolute Gasteiger partial charge is 0.439 e. The van der Waals surface area contributed by atoms with E-state index < -0.39 is 4.92 Å². The van der Waals surface area contributed by atoms with Crippen molar-refractivity contribution in [2.45, 2.75) is 6.92 Å². The minimum absolute atomic E-state index is 0.0515. The molecule has 2 rings (SSSR count). The highest BCUT2D eigenvalue weighted by Gasteiger charge is 2.08. The minimum Gasteiger partial charge on any atom is -0.439 e. The molecule has 0 aliphatic carbocycles. The van der Waals surface area contributed by atoms with Crippen LogP contribution in [-0.2, 0) is 0 Å². The maximum Gasteiger partial charge on any atom is 0.273 e. The fourth-order valence-electron chi connectivity index (χ4n) is 1.34. The summed E-state index contributed by atoms with van der Waals surface area (Å²) in [5, 5.41) is 10.9. The molecule has 18 heavy (non-hydrogen) atoms. The van der Waals surface area contributed by atoms with Crippen LogP contribution in [0.3, 0.4) is 0 Å². The van der Waals surface area contributed by atoms with Gasteiger partial charge in [0.2, 0.25) is 5.88 Å². The van der Waals surface area contributed by atoms with Gasteiger partial charge in [-0.1, -0.05) is 17.7 Å². The lowest BCUT2D eigenvalue weighted by atomic mass is 10.3. The summed E-state index contributed by atoms with van der Waals surface area (Å²) < 4.78 is 5.39. The molecule has 0 fully saturated rings. The molecule has 0 N–H and O–H groups in total. The molecule has 0 radical (unpaired) electrons. The van der Waals surface area contributed by atoms with Gasteiger partial charge in [-0.25, -0.2) is 4.98 Å². The molecular weight excluding hydrogens is 258 g/mol. The SMILES string of the molecule is Cc1nc(Cl)cc(Oc2cccc([N+](=O)[O-])c2)n1. The second-order valence-corrected chi connectivity index (χ2v) is 3.82. The highest BCUT2D eigenvalue weighted by molar-refractivity contribution is 6.29. The number of aromatic nitrogens is 2. The van der Waals surface area contributed by atoms with E-state index in [1.54, 1.807) is 13.0 Å². The number of hydrogen-bond donors (Lipinski definition) is 0. The van der Waals surface area contributed by atoms with Gasteiger partial charge in [-0.05, 0) is 13.0 Å². The Hall–Kier alpha value is -2.21. The molecule has 0 amide bonds. The van der Waals surface area contributed by atoms with Gasteiger partial charge in [-0.15, -0.1) is 0 Å². The van der Waals surface area contributed by atoms with Crippen LogP contribution in [0.1, 0.15) is 5.82 Å². The van der Waals surface area contributed by atoms with E-state index in [0.717, 1.165) is 0 Å². The summed E-state index contributed by atoms with van der Waals surface area (Å²) >= 11 is 5.76. The van der Waals surface area contributed by atoms with Crippen molar-refractivity contribution in [3.05, 3.63) is 51.4 Å². The third kappa shape index (κ3) is 2.92. The molecule has 2 aromatic rings. The van der Waals surface area contributed by atoms with Gasteiger partial charge in [0.25, 0.3) is 5.69 Å². The molecule has 0 atom stereocenters. The lowest BCUT2D eigenvalue weighted by Crippen LogP contribution is -1.94. The number of rotatable bonds is 3. The number of halogens is 1. The van der Waals surface area contributed by atoms with Crippen LogP contribution in [0.5, 0.6) is 11.6 Å². The third-order valence-electron chi connectivity index (χ3n) is 2.03. The summed E-state index contributed by atoms with van der Waals surface area (Å²) in [5.41, 5.74) is -0.0515. The van der Waals surface area contributed by atoms with Gasteiger partial charge >= 0.3 is 0 Å². The predicted octanol–water partition coefficient (Wildman–Crippen LogP) is 3.14. The second kappa shape index (κ2) is 4.97. The molecule has 7 heteroatoms. The van der Waals surface area contributed by atoms with E-state index in [9.17, 15) is 10.1 Å². The van der Waals surface area contributed by atoms with Crippen molar-refractivity contribution >= 4 is 17.3 Å². The monoisotopic (exact) mass is 265 g/mol. The van der Waals surface area contributed by atoms with E-state index in [0.29, 0.717) is 11.6 Å². The molecule has 1 aromatic carbocycles. The molecule has 0 bridgehead atoms. The van der Waals surface area contributed by atoms with Gasteiger partial charge in [0.15, 0.2) is 0 Å². The summed E-state index contributed by atoms with van der Waals surface area (Å²) in [6.07, 6.45) is 0. The first kappa shape index (κ1) is 12.3. The van der Waals surface area contributed by atoms with Crippen molar-refractivity contribution in [1.29, 1.82) is 0 Å². The molecule has 0 aliphatic rings. The first-order valence-corrected chi connectivity index (χ1v) is 5.36. The van der Waals surface area contributed by atoms with Crippen molar-refractivity contribution in [1.82, 2.24) is 9.97 Å². The van der Waals surface area contributed by atoms with Gasteiger partial charge in [-0.3, -0.25) is 10.1 Å². The molecule has 1 aromatic heterocycles. The van der Waals surface area contributed by atoms with Crippen LogP contribution in [0.15, 0.2) is 30.3 Å². The van der Waals surface area contributed by atoms with Gasteiger partial charge in [0, 0.05) is 12.1 Å². The zero-order chi connectivity index (χ0) is 13.1. The van der Waals surface area contributed by atoms with E-state index in [1.165, 1.54) is 24.3 Å². The first-order valence-electron chi connectivity index (χ1n) is 4.98. The summed E-state index contributed by atoms with van der Waals surface area (Å²) in [6, 6.07) is 7.26. The second-order valence-electron chi connectivity index (χ2n) is 3.43. The van der Waals surface area contributed by atoms with Crippen molar-refractivity contribution in [3.63, 3.8) is 0 Å². The van der Waals surface area contributed by atoms with Gasteiger partial charge in [0.1, 0.15) is 16.7 Å². The average Bonchev–Trinajstić information content (AvgIpc) is 2.27. The number of ether oxygens (including phenoxy) is 1. The maximum atomic E-state index is 10.6. The molecule has 0 aliphatic heterocycles. The Labute approximate surface area is 107 Å². The summed E-state index contributed by atoms with van der Waals surface area (Å²) in [4.78, 5) is 18.0. The fourth-order valence-corrected chi connectivity index (χ4v) is 1.55. The molecule has 0 spiro atoms. The summed E-state index contributed by atoms with van der Waals surface area (Å²) in [6.45, 7) is 1.67. The molecular formula is C11H8ClN3O3. The van der Waals surface area contributed by atoms with Crippen LogP contribution < -0.4 is 4.74 Å². The quantitative estimate of drug-likeness (QED) is 0.484. The zero-order valence-corrected chi connectivity index (χ0v) is 10.1. The fraction of sp³-hybridized carbons (Fsp3) is 0.0909.